The van der Waals surface area contributed by atoms with Gasteiger partial charge in [0.25, 0.3) is 5.91 Å². The number of ether oxygens (including phenoxy) is 1. The molecule has 19 heavy (non-hydrogen) atoms. The molecule has 4 nitrogen and oxygen atoms in total. The minimum atomic E-state index is -0.187. The maximum atomic E-state index is 12.2. The average Bonchev–Trinajstić information content (AvgIpc) is 2.36. The van der Waals surface area contributed by atoms with E-state index in [4.69, 9.17) is 22.1 Å². The standard InChI is InChI=1S/C14H19ClN2O2/c1-14(2)11(7-12(14)19-3)17-13(18)9-6-8(15)4-5-10(9)16/h4-6,11-12H,7,16H2,1-3H3,(H,17,18). The average molecular weight is 283 g/mol. The number of hydrogen-bond acceptors (Lipinski definition) is 3. The molecule has 1 saturated carbocycles. The van der Waals surface area contributed by atoms with Gasteiger partial charge in [-0.2, -0.15) is 0 Å². The minimum Gasteiger partial charge on any atom is -0.398 e. The van der Waals surface area contributed by atoms with Gasteiger partial charge in [0, 0.05) is 29.3 Å². The van der Waals surface area contributed by atoms with Gasteiger partial charge in [0.15, 0.2) is 0 Å². The second kappa shape index (κ2) is 5.02. The van der Waals surface area contributed by atoms with E-state index in [0.717, 1.165) is 6.42 Å². The topological polar surface area (TPSA) is 64.3 Å². The predicted octanol–water partition coefficient (Wildman–Crippen LogP) is 2.47. The highest BCUT2D eigenvalue weighted by Crippen LogP contribution is 2.42. The van der Waals surface area contributed by atoms with E-state index >= 15 is 0 Å². The number of rotatable bonds is 3. The lowest BCUT2D eigenvalue weighted by Crippen LogP contribution is -2.61. The number of nitrogens with two attached hydrogens (primary N) is 1. The van der Waals surface area contributed by atoms with Crippen molar-refractivity contribution in [1.29, 1.82) is 0 Å². The molecule has 1 fully saturated rings. The maximum Gasteiger partial charge on any atom is 0.253 e. The number of carbonyl (C=O) groups is 1. The normalized spacial score (nSPS) is 24.6. The summed E-state index contributed by atoms with van der Waals surface area (Å²) in [4.78, 5) is 12.2. The number of carbonyl (C=O) groups excluding carboxylic acids is 1. The van der Waals surface area contributed by atoms with Gasteiger partial charge in [-0.3, -0.25) is 4.79 Å². The van der Waals surface area contributed by atoms with E-state index in [-0.39, 0.29) is 23.5 Å². The van der Waals surface area contributed by atoms with Crippen LogP contribution < -0.4 is 11.1 Å². The summed E-state index contributed by atoms with van der Waals surface area (Å²) in [5.41, 5.74) is 6.58. The largest absolute Gasteiger partial charge is 0.398 e. The highest BCUT2D eigenvalue weighted by molar-refractivity contribution is 6.31. The van der Waals surface area contributed by atoms with E-state index in [1.165, 1.54) is 0 Å². The molecule has 1 aliphatic rings. The van der Waals surface area contributed by atoms with Crippen LogP contribution >= 0.6 is 11.6 Å². The molecule has 3 N–H and O–H groups in total. The number of benzene rings is 1. The van der Waals surface area contributed by atoms with Crippen LogP contribution in [0, 0.1) is 5.41 Å². The molecular formula is C14H19ClN2O2. The van der Waals surface area contributed by atoms with Gasteiger partial charge >= 0.3 is 0 Å². The fourth-order valence-corrected chi connectivity index (χ4v) is 2.66. The van der Waals surface area contributed by atoms with Crippen molar-refractivity contribution >= 4 is 23.2 Å². The van der Waals surface area contributed by atoms with Gasteiger partial charge in [-0.15, -0.1) is 0 Å². The summed E-state index contributed by atoms with van der Waals surface area (Å²) in [5.74, 6) is -0.187. The van der Waals surface area contributed by atoms with Crippen molar-refractivity contribution in [1.82, 2.24) is 5.32 Å². The van der Waals surface area contributed by atoms with Crippen LogP contribution in [0.5, 0.6) is 0 Å². The Morgan fingerprint density at radius 2 is 2.21 bits per heavy atom. The molecule has 0 bridgehead atoms. The van der Waals surface area contributed by atoms with Gasteiger partial charge in [0.2, 0.25) is 0 Å². The van der Waals surface area contributed by atoms with Gasteiger partial charge in [0.1, 0.15) is 0 Å². The molecule has 5 heteroatoms. The SMILES string of the molecule is COC1CC(NC(=O)c2cc(Cl)ccc2N)C1(C)C. The predicted molar refractivity (Wildman–Crippen MR) is 76.3 cm³/mol. The Hall–Kier alpha value is -1.26. The van der Waals surface area contributed by atoms with Gasteiger partial charge in [0.05, 0.1) is 11.7 Å². The molecule has 1 aliphatic carbocycles. The van der Waals surface area contributed by atoms with Crippen LogP contribution in [0.4, 0.5) is 5.69 Å². The van der Waals surface area contributed by atoms with E-state index in [1.807, 2.05) is 0 Å². The summed E-state index contributed by atoms with van der Waals surface area (Å²) < 4.78 is 5.36. The smallest absolute Gasteiger partial charge is 0.253 e. The Labute approximate surface area is 118 Å². The molecule has 2 rings (SSSR count). The van der Waals surface area contributed by atoms with Gasteiger partial charge in [-0.1, -0.05) is 25.4 Å². The van der Waals surface area contributed by atoms with Crippen LogP contribution in [0.25, 0.3) is 0 Å². The highest BCUT2D eigenvalue weighted by atomic mass is 35.5. The van der Waals surface area contributed by atoms with E-state index < -0.39 is 0 Å². The molecule has 1 aromatic rings. The molecule has 1 aromatic carbocycles. The first-order valence-corrected chi connectivity index (χ1v) is 6.62. The molecule has 104 valence electrons. The van der Waals surface area contributed by atoms with E-state index in [2.05, 4.69) is 19.2 Å². The Bertz CT molecular complexity index is 502. The Kier molecular flexibility index (Phi) is 3.74. The maximum absolute atomic E-state index is 12.2. The summed E-state index contributed by atoms with van der Waals surface area (Å²) in [7, 11) is 1.69. The molecular weight excluding hydrogens is 264 g/mol. The van der Waals surface area contributed by atoms with Crippen molar-refractivity contribution in [3.63, 3.8) is 0 Å². The number of nitrogen functional groups attached to an aromatic ring is 1. The number of halogens is 1. The van der Waals surface area contributed by atoms with Crippen molar-refractivity contribution in [3.8, 4) is 0 Å². The number of methoxy groups -OCH3 is 1. The Morgan fingerprint density at radius 3 is 2.79 bits per heavy atom. The second-order valence-corrected chi connectivity index (χ2v) is 5.98. The van der Waals surface area contributed by atoms with E-state index in [0.29, 0.717) is 16.3 Å². The zero-order chi connectivity index (χ0) is 14.2. The van der Waals surface area contributed by atoms with Crippen molar-refractivity contribution in [2.45, 2.75) is 32.4 Å². The Balaban J connectivity index is 2.09. The fraction of sp³-hybridized carbons (Fsp3) is 0.500. The number of anilines is 1. The third kappa shape index (κ3) is 2.55. The lowest BCUT2D eigenvalue weighted by Gasteiger charge is -2.51. The second-order valence-electron chi connectivity index (χ2n) is 5.54. The van der Waals surface area contributed by atoms with Crippen LogP contribution in [0.1, 0.15) is 30.6 Å². The fourth-order valence-electron chi connectivity index (χ4n) is 2.49. The van der Waals surface area contributed by atoms with Crippen LogP contribution in [0.2, 0.25) is 5.02 Å². The van der Waals surface area contributed by atoms with Crippen molar-refractivity contribution in [2.75, 3.05) is 12.8 Å². The highest BCUT2D eigenvalue weighted by Gasteiger charge is 2.49. The minimum absolute atomic E-state index is 0.0717. The summed E-state index contributed by atoms with van der Waals surface area (Å²) in [6.45, 7) is 4.16. The first-order chi connectivity index (χ1) is 8.86. The van der Waals surface area contributed by atoms with E-state index in [1.54, 1.807) is 25.3 Å². The zero-order valence-corrected chi connectivity index (χ0v) is 12.1. The van der Waals surface area contributed by atoms with Crippen molar-refractivity contribution in [3.05, 3.63) is 28.8 Å². The lowest BCUT2D eigenvalue weighted by molar-refractivity contribution is -0.0942. The number of hydrogen-bond donors (Lipinski definition) is 2. The summed E-state index contributed by atoms with van der Waals surface area (Å²) >= 11 is 5.89. The summed E-state index contributed by atoms with van der Waals surface area (Å²) in [6, 6.07) is 4.98. The van der Waals surface area contributed by atoms with Crippen molar-refractivity contribution in [2.24, 2.45) is 5.41 Å². The van der Waals surface area contributed by atoms with Crippen LogP contribution in [-0.2, 0) is 4.74 Å². The molecule has 0 radical (unpaired) electrons. The molecule has 0 aliphatic heterocycles. The number of amides is 1. The zero-order valence-electron chi connectivity index (χ0n) is 11.4. The van der Waals surface area contributed by atoms with Gasteiger partial charge in [-0.25, -0.2) is 0 Å². The molecule has 0 aromatic heterocycles. The van der Waals surface area contributed by atoms with Crippen molar-refractivity contribution < 1.29 is 9.53 Å². The van der Waals surface area contributed by atoms with Gasteiger partial charge < -0.3 is 15.8 Å². The molecule has 0 spiro atoms. The summed E-state index contributed by atoms with van der Waals surface area (Å²) in [5, 5.41) is 3.50. The van der Waals surface area contributed by atoms with Crippen LogP contribution in [-0.4, -0.2) is 25.2 Å². The first kappa shape index (κ1) is 14.2. The van der Waals surface area contributed by atoms with E-state index in [9.17, 15) is 4.79 Å². The van der Waals surface area contributed by atoms with Crippen LogP contribution in [0.3, 0.4) is 0 Å². The molecule has 2 unspecified atom stereocenters. The molecule has 0 saturated heterocycles. The van der Waals surface area contributed by atoms with Gasteiger partial charge in [-0.05, 0) is 24.6 Å². The summed E-state index contributed by atoms with van der Waals surface area (Å²) in [6.07, 6.45) is 0.991. The lowest BCUT2D eigenvalue weighted by atomic mass is 9.64. The number of nitrogens with one attached hydrogen (secondary N) is 1. The van der Waals surface area contributed by atoms with Crippen LogP contribution in [0.15, 0.2) is 18.2 Å². The molecule has 2 atom stereocenters. The quantitative estimate of drug-likeness (QED) is 0.837. The first-order valence-electron chi connectivity index (χ1n) is 6.25. The third-order valence-corrected chi connectivity index (χ3v) is 4.26. The molecule has 0 heterocycles. The monoisotopic (exact) mass is 282 g/mol. The third-order valence-electron chi connectivity index (χ3n) is 4.03. The Morgan fingerprint density at radius 1 is 1.53 bits per heavy atom. The molecule has 1 amide bonds.